The molecule has 0 radical (unpaired) electrons. The van der Waals surface area contributed by atoms with Gasteiger partial charge in [-0.25, -0.2) is 4.68 Å². The Morgan fingerprint density at radius 2 is 2.33 bits per heavy atom. The van der Waals surface area contributed by atoms with Crippen LogP contribution in [0.4, 0.5) is 5.00 Å². The second-order valence-electron chi connectivity index (χ2n) is 5.74. The Morgan fingerprint density at radius 3 is 3.12 bits per heavy atom. The highest BCUT2D eigenvalue weighted by atomic mass is 32.1. The van der Waals surface area contributed by atoms with Gasteiger partial charge < -0.3 is 5.32 Å². The van der Waals surface area contributed by atoms with Gasteiger partial charge in [0.1, 0.15) is 16.6 Å². The molecule has 0 bridgehead atoms. The van der Waals surface area contributed by atoms with Gasteiger partial charge in [-0.15, -0.1) is 16.4 Å². The summed E-state index contributed by atoms with van der Waals surface area (Å²) in [4.78, 5) is 13.8. The van der Waals surface area contributed by atoms with Gasteiger partial charge in [0.2, 0.25) is 0 Å². The number of aromatic nitrogens is 3. The number of aryl methyl sites for hydroxylation is 2. The van der Waals surface area contributed by atoms with E-state index in [0.717, 1.165) is 36.9 Å². The number of rotatable bonds is 3. The van der Waals surface area contributed by atoms with Gasteiger partial charge in [-0.05, 0) is 49.9 Å². The Balaban J connectivity index is 1.64. The normalized spacial score (nSPS) is 13.0. The lowest BCUT2D eigenvalue weighted by atomic mass is 10.1. The Morgan fingerprint density at radius 1 is 1.46 bits per heavy atom. The molecular weight excluding hydrogens is 322 g/mol. The Bertz CT molecular complexity index is 994. The summed E-state index contributed by atoms with van der Waals surface area (Å²) in [5.74, 6) is -0.223. The van der Waals surface area contributed by atoms with Crippen LogP contribution in [0.5, 0.6) is 0 Å². The maximum absolute atomic E-state index is 12.6. The van der Waals surface area contributed by atoms with Crippen molar-refractivity contribution in [1.29, 1.82) is 5.26 Å². The average molecular weight is 337 g/mol. The number of thiophene rings is 1. The van der Waals surface area contributed by atoms with E-state index in [1.807, 2.05) is 13.0 Å². The summed E-state index contributed by atoms with van der Waals surface area (Å²) >= 11 is 1.52. The Kier molecular flexibility index (Phi) is 3.54. The van der Waals surface area contributed by atoms with Crippen LogP contribution >= 0.6 is 11.3 Å². The molecule has 0 saturated carbocycles. The molecule has 24 heavy (non-hydrogen) atoms. The number of carbonyl (C=O) groups is 1. The van der Waals surface area contributed by atoms with Gasteiger partial charge >= 0.3 is 0 Å². The lowest BCUT2D eigenvalue weighted by Gasteiger charge is -2.04. The highest BCUT2D eigenvalue weighted by Gasteiger charge is 2.23. The van der Waals surface area contributed by atoms with E-state index in [-0.39, 0.29) is 5.91 Å². The molecule has 1 aliphatic rings. The number of hydrogen-bond donors (Lipinski definition) is 1. The van der Waals surface area contributed by atoms with Crippen LogP contribution in [0.2, 0.25) is 0 Å². The molecule has 0 atom stereocenters. The van der Waals surface area contributed by atoms with Crippen LogP contribution in [0.15, 0.2) is 18.2 Å². The van der Waals surface area contributed by atoms with Crippen LogP contribution in [0.1, 0.15) is 39.7 Å². The highest BCUT2D eigenvalue weighted by Crippen LogP contribution is 2.38. The number of amides is 1. The van der Waals surface area contributed by atoms with Crippen molar-refractivity contribution in [2.24, 2.45) is 0 Å². The number of carbonyl (C=O) groups excluding carboxylic acids is 1. The highest BCUT2D eigenvalue weighted by molar-refractivity contribution is 7.16. The monoisotopic (exact) mass is 337 g/mol. The second-order valence-corrected chi connectivity index (χ2v) is 6.84. The molecule has 3 aromatic rings. The minimum atomic E-state index is -0.223. The summed E-state index contributed by atoms with van der Waals surface area (Å²) in [6, 6.07) is 7.60. The average Bonchev–Trinajstić information content (AvgIpc) is 3.27. The summed E-state index contributed by atoms with van der Waals surface area (Å²) in [6.45, 7) is 2.72. The zero-order valence-corrected chi connectivity index (χ0v) is 14.0. The van der Waals surface area contributed by atoms with Crippen LogP contribution in [0, 0.1) is 11.3 Å². The topological polar surface area (TPSA) is 83.6 Å². The molecular formula is C17H15N5OS. The van der Waals surface area contributed by atoms with Gasteiger partial charge in [0.25, 0.3) is 5.91 Å². The molecule has 1 amide bonds. The quantitative estimate of drug-likeness (QED) is 0.796. The molecule has 7 heteroatoms. The van der Waals surface area contributed by atoms with Crippen molar-refractivity contribution >= 4 is 33.3 Å². The van der Waals surface area contributed by atoms with Crippen molar-refractivity contribution in [2.45, 2.75) is 32.7 Å². The van der Waals surface area contributed by atoms with E-state index in [2.05, 4.69) is 21.7 Å². The number of benzene rings is 1. The van der Waals surface area contributed by atoms with Crippen LogP contribution < -0.4 is 5.32 Å². The molecule has 0 aliphatic heterocycles. The first-order valence-electron chi connectivity index (χ1n) is 7.90. The largest absolute Gasteiger partial charge is 0.312 e. The maximum atomic E-state index is 12.6. The van der Waals surface area contributed by atoms with E-state index in [1.54, 1.807) is 16.8 Å². The minimum absolute atomic E-state index is 0.223. The first-order chi connectivity index (χ1) is 11.7. The van der Waals surface area contributed by atoms with E-state index in [1.165, 1.54) is 16.2 Å². The van der Waals surface area contributed by atoms with Crippen molar-refractivity contribution in [3.05, 3.63) is 39.8 Å². The number of nitrogens with zero attached hydrogens (tertiary/aromatic N) is 4. The van der Waals surface area contributed by atoms with Gasteiger partial charge in [0.15, 0.2) is 0 Å². The summed E-state index contributed by atoms with van der Waals surface area (Å²) < 4.78 is 1.79. The number of nitrogens with one attached hydrogen (secondary N) is 1. The van der Waals surface area contributed by atoms with Crippen molar-refractivity contribution in [1.82, 2.24) is 15.0 Å². The fraction of sp³-hybridized carbons (Fsp3) is 0.294. The molecule has 1 aromatic carbocycles. The molecule has 1 N–H and O–H groups in total. The van der Waals surface area contributed by atoms with E-state index in [4.69, 9.17) is 0 Å². The number of hydrogen-bond acceptors (Lipinski definition) is 5. The van der Waals surface area contributed by atoms with Crippen molar-refractivity contribution in [3.8, 4) is 6.07 Å². The van der Waals surface area contributed by atoms with Crippen molar-refractivity contribution in [3.63, 3.8) is 0 Å². The molecule has 6 nitrogen and oxygen atoms in total. The van der Waals surface area contributed by atoms with Gasteiger partial charge in [0, 0.05) is 17.0 Å². The predicted molar refractivity (Wildman–Crippen MR) is 92.2 cm³/mol. The Hall–Kier alpha value is -2.72. The molecule has 120 valence electrons. The second kappa shape index (κ2) is 5.73. The smallest absolute Gasteiger partial charge is 0.256 e. The third kappa shape index (κ3) is 2.27. The standard InChI is InChI=1S/C17H15N5OS/c1-2-22-14-7-6-10(8-13(14)20-21-22)16(23)19-17-12(9-18)11-4-3-5-15(11)24-17/h6-8H,2-5H2,1H3,(H,19,23). The summed E-state index contributed by atoms with van der Waals surface area (Å²) in [6.07, 6.45) is 3.02. The van der Waals surface area contributed by atoms with E-state index in [9.17, 15) is 10.1 Å². The molecule has 2 aromatic heterocycles. The fourth-order valence-corrected chi connectivity index (χ4v) is 4.37. The van der Waals surface area contributed by atoms with Gasteiger partial charge in [-0.1, -0.05) is 5.21 Å². The number of fused-ring (bicyclic) bond motifs is 2. The van der Waals surface area contributed by atoms with E-state index in [0.29, 0.717) is 21.6 Å². The molecule has 0 fully saturated rings. The number of nitriles is 1. The predicted octanol–water partition coefficient (Wildman–Crippen LogP) is 3.13. The summed E-state index contributed by atoms with van der Waals surface area (Å²) in [5.41, 5.74) is 3.85. The van der Waals surface area contributed by atoms with Gasteiger partial charge in [-0.3, -0.25) is 4.79 Å². The molecule has 2 heterocycles. The first-order valence-corrected chi connectivity index (χ1v) is 8.72. The molecule has 4 rings (SSSR count). The molecule has 0 unspecified atom stereocenters. The third-order valence-corrected chi connectivity index (χ3v) is 5.54. The first kappa shape index (κ1) is 14.8. The summed E-state index contributed by atoms with van der Waals surface area (Å²) in [7, 11) is 0. The Labute approximate surface area is 142 Å². The SMILES string of the molecule is CCn1nnc2cc(C(=O)Nc3sc4c(c3C#N)CCC4)ccc21. The van der Waals surface area contributed by atoms with Crippen molar-refractivity contribution < 1.29 is 4.79 Å². The number of anilines is 1. The zero-order chi connectivity index (χ0) is 16.7. The van der Waals surface area contributed by atoms with Crippen molar-refractivity contribution in [2.75, 3.05) is 5.32 Å². The van der Waals surface area contributed by atoms with E-state index < -0.39 is 0 Å². The third-order valence-electron chi connectivity index (χ3n) is 4.34. The molecule has 1 aliphatic carbocycles. The van der Waals surface area contributed by atoms with E-state index >= 15 is 0 Å². The van der Waals surface area contributed by atoms with Gasteiger partial charge in [-0.2, -0.15) is 5.26 Å². The van der Waals surface area contributed by atoms with Crippen LogP contribution in [-0.4, -0.2) is 20.9 Å². The minimum Gasteiger partial charge on any atom is -0.312 e. The summed E-state index contributed by atoms with van der Waals surface area (Å²) in [5, 5.41) is 21.1. The fourth-order valence-electron chi connectivity index (χ4n) is 3.13. The van der Waals surface area contributed by atoms with Gasteiger partial charge in [0.05, 0.1) is 11.1 Å². The zero-order valence-electron chi connectivity index (χ0n) is 13.2. The van der Waals surface area contributed by atoms with Crippen LogP contribution in [-0.2, 0) is 19.4 Å². The lowest BCUT2D eigenvalue weighted by molar-refractivity contribution is 0.102. The van der Waals surface area contributed by atoms with Crippen LogP contribution in [0.25, 0.3) is 11.0 Å². The lowest BCUT2D eigenvalue weighted by Crippen LogP contribution is -2.11. The molecule has 0 saturated heterocycles. The van der Waals surface area contributed by atoms with Crippen LogP contribution in [0.3, 0.4) is 0 Å². The molecule has 0 spiro atoms. The maximum Gasteiger partial charge on any atom is 0.256 e.